The summed E-state index contributed by atoms with van der Waals surface area (Å²) >= 11 is 5.90. The molecule has 76 valence electrons. The summed E-state index contributed by atoms with van der Waals surface area (Å²) in [5.41, 5.74) is 7.27. The maximum absolute atomic E-state index is 11.4. The minimum absolute atomic E-state index is 0.267. The Labute approximate surface area is 87.8 Å². The Morgan fingerprint density at radius 3 is 2.79 bits per heavy atom. The van der Waals surface area contributed by atoms with Crippen LogP contribution in [0.15, 0.2) is 12.1 Å². The molecule has 1 aromatic rings. The molecule has 0 aliphatic rings. The van der Waals surface area contributed by atoms with E-state index in [1.54, 1.807) is 19.1 Å². The van der Waals surface area contributed by atoms with Gasteiger partial charge in [0.15, 0.2) is 0 Å². The SMILES string of the molecule is CCOC(=O)c1ccc(C)c(N)c1Cl. The number of anilines is 1. The summed E-state index contributed by atoms with van der Waals surface area (Å²) in [4.78, 5) is 11.4. The number of esters is 1. The van der Waals surface area contributed by atoms with Gasteiger partial charge in [0, 0.05) is 0 Å². The second-order valence-electron chi connectivity index (χ2n) is 2.88. The average Bonchev–Trinajstić information content (AvgIpc) is 2.15. The molecule has 0 unspecified atom stereocenters. The van der Waals surface area contributed by atoms with Crippen molar-refractivity contribution < 1.29 is 9.53 Å². The summed E-state index contributed by atoms with van der Waals surface area (Å²) in [5, 5.41) is 0.267. The van der Waals surface area contributed by atoms with Crippen LogP contribution >= 0.6 is 11.6 Å². The predicted octanol–water partition coefficient (Wildman–Crippen LogP) is 2.41. The van der Waals surface area contributed by atoms with Crippen molar-refractivity contribution in [3.63, 3.8) is 0 Å². The zero-order chi connectivity index (χ0) is 10.7. The first kappa shape index (κ1) is 10.9. The van der Waals surface area contributed by atoms with Crippen LogP contribution in [0.4, 0.5) is 5.69 Å². The molecule has 0 aliphatic carbocycles. The van der Waals surface area contributed by atoms with E-state index in [-0.39, 0.29) is 5.02 Å². The summed E-state index contributed by atoms with van der Waals surface area (Å²) in [6, 6.07) is 3.36. The number of benzene rings is 1. The van der Waals surface area contributed by atoms with Crippen LogP contribution in [0.25, 0.3) is 0 Å². The van der Waals surface area contributed by atoms with E-state index in [4.69, 9.17) is 22.1 Å². The van der Waals surface area contributed by atoms with Gasteiger partial charge in [-0.1, -0.05) is 17.7 Å². The molecule has 14 heavy (non-hydrogen) atoms. The van der Waals surface area contributed by atoms with E-state index in [2.05, 4.69) is 0 Å². The predicted molar refractivity (Wildman–Crippen MR) is 56.6 cm³/mol. The lowest BCUT2D eigenvalue weighted by atomic mass is 10.1. The zero-order valence-corrected chi connectivity index (χ0v) is 8.89. The minimum atomic E-state index is -0.441. The number of carbonyl (C=O) groups excluding carboxylic acids is 1. The number of ether oxygens (including phenoxy) is 1. The molecule has 4 heteroatoms. The first-order chi connectivity index (χ1) is 6.57. The van der Waals surface area contributed by atoms with Gasteiger partial charge in [0.05, 0.1) is 22.9 Å². The third-order valence-corrected chi connectivity index (χ3v) is 2.30. The van der Waals surface area contributed by atoms with Crippen molar-refractivity contribution in [1.82, 2.24) is 0 Å². The normalized spacial score (nSPS) is 9.93. The first-order valence-electron chi connectivity index (χ1n) is 4.29. The van der Waals surface area contributed by atoms with Gasteiger partial charge in [-0.2, -0.15) is 0 Å². The van der Waals surface area contributed by atoms with E-state index >= 15 is 0 Å². The Morgan fingerprint density at radius 2 is 2.21 bits per heavy atom. The van der Waals surface area contributed by atoms with Crippen LogP contribution < -0.4 is 5.73 Å². The van der Waals surface area contributed by atoms with Crippen molar-refractivity contribution in [2.45, 2.75) is 13.8 Å². The fraction of sp³-hybridized carbons (Fsp3) is 0.300. The summed E-state index contributed by atoms with van der Waals surface area (Å²) in [5.74, 6) is -0.441. The number of aryl methyl sites for hydroxylation is 1. The fourth-order valence-electron chi connectivity index (χ4n) is 1.06. The van der Waals surface area contributed by atoms with E-state index in [9.17, 15) is 4.79 Å². The average molecular weight is 214 g/mol. The quantitative estimate of drug-likeness (QED) is 0.606. The first-order valence-corrected chi connectivity index (χ1v) is 4.67. The Morgan fingerprint density at radius 1 is 1.57 bits per heavy atom. The number of hydrogen-bond donors (Lipinski definition) is 1. The van der Waals surface area contributed by atoms with Gasteiger partial charge in [0.1, 0.15) is 0 Å². The molecule has 0 heterocycles. The molecule has 0 spiro atoms. The third-order valence-electron chi connectivity index (χ3n) is 1.89. The molecule has 0 amide bonds. The Bertz CT molecular complexity index is 363. The molecular formula is C10H12ClNO2. The number of nitrogen functional groups attached to an aromatic ring is 1. The topological polar surface area (TPSA) is 52.3 Å². The lowest BCUT2D eigenvalue weighted by molar-refractivity contribution is 0.0526. The highest BCUT2D eigenvalue weighted by Crippen LogP contribution is 2.27. The van der Waals surface area contributed by atoms with Crippen LogP contribution in [-0.2, 0) is 4.74 Å². The largest absolute Gasteiger partial charge is 0.462 e. The number of carbonyl (C=O) groups is 1. The molecule has 0 saturated carbocycles. The Kier molecular flexibility index (Phi) is 3.36. The Balaban J connectivity index is 3.11. The van der Waals surface area contributed by atoms with Crippen molar-refractivity contribution in [2.75, 3.05) is 12.3 Å². The van der Waals surface area contributed by atoms with Crippen molar-refractivity contribution in [3.8, 4) is 0 Å². The van der Waals surface area contributed by atoms with Gasteiger partial charge in [-0.15, -0.1) is 0 Å². The summed E-state index contributed by atoms with van der Waals surface area (Å²) < 4.78 is 4.82. The molecule has 2 N–H and O–H groups in total. The van der Waals surface area contributed by atoms with Gasteiger partial charge in [0.2, 0.25) is 0 Å². The summed E-state index contributed by atoms with van der Waals surface area (Å²) in [7, 11) is 0. The molecule has 0 bridgehead atoms. The summed E-state index contributed by atoms with van der Waals surface area (Å²) in [6.45, 7) is 3.89. The lowest BCUT2D eigenvalue weighted by Crippen LogP contribution is -2.07. The highest BCUT2D eigenvalue weighted by atomic mass is 35.5. The second-order valence-corrected chi connectivity index (χ2v) is 3.26. The molecule has 0 atom stereocenters. The van der Waals surface area contributed by atoms with Gasteiger partial charge in [-0.05, 0) is 25.5 Å². The molecule has 1 aromatic carbocycles. The zero-order valence-electron chi connectivity index (χ0n) is 8.13. The molecule has 0 fully saturated rings. The number of halogens is 1. The number of hydrogen-bond acceptors (Lipinski definition) is 3. The van der Waals surface area contributed by atoms with Crippen molar-refractivity contribution in [2.24, 2.45) is 0 Å². The maximum Gasteiger partial charge on any atom is 0.339 e. The van der Waals surface area contributed by atoms with Crippen LogP contribution in [0.1, 0.15) is 22.8 Å². The van der Waals surface area contributed by atoms with Crippen LogP contribution in [0, 0.1) is 6.92 Å². The smallest absolute Gasteiger partial charge is 0.339 e. The Hall–Kier alpha value is -1.22. The molecule has 3 nitrogen and oxygen atoms in total. The van der Waals surface area contributed by atoms with Crippen molar-refractivity contribution >= 4 is 23.3 Å². The summed E-state index contributed by atoms with van der Waals surface area (Å²) in [6.07, 6.45) is 0. The molecule has 0 saturated heterocycles. The monoisotopic (exact) mass is 213 g/mol. The molecule has 0 aliphatic heterocycles. The van der Waals surface area contributed by atoms with E-state index < -0.39 is 5.97 Å². The second kappa shape index (κ2) is 4.33. The maximum atomic E-state index is 11.4. The molecule has 1 rings (SSSR count). The lowest BCUT2D eigenvalue weighted by Gasteiger charge is -2.07. The third kappa shape index (κ3) is 1.99. The molecular weight excluding hydrogens is 202 g/mol. The minimum Gasteiger partial charge on any atom is -0.462 e. The van der Waals surface area contributed by atoms with E-state index in [0.717, 1.165) is 5.56 Å². The number of nitrogens with two attached hydrogens (primary N) is 1. The van der Waals surface area contributed by atoms with Crippen LogP contribution in [-0.4, -0.2) is 12.6 Å². The van der Waals surface area contributed by atoms with E-state index in [1.165, 1.54) is 0 Å². The fourth-order valence-corrected chi connectivity index (χ4v) is 1.35. The number of rotatable bonds is 2. The van der Waals surface area contributed by atoms with Gasteiger partial charge >= 0.3 is 5.97 Å². The van der Waals surface area contributed by atoms with Gasteiger partial charge in [-0.25, -0.2) is 4.79 Å². The van der Waals surface area contributed by atoms with E-state index in [1.807, 2.05) is 6.92 Å². The molecule has 0 aromatic heterocycles. The standard InChI is InChI=1S/C10H12ClNO2/c1-3-14-10(13)7-5-4-6(2)9(12)8(7)11/h4-5H,3,12H2,1-2H3. The van der Waals surface area contributed by atoms with Crippen LogP contribution in [0.2, 0.25) is 5.02 Å². The highest BCUT2D eigenvalue weighted by molar-refractivity contribution is 6.36. The van der Waals surface area contributed by atoms with Gasteiger partial charge < -0.3 is 10.5 Å². The van der Waals surface area contributed by atoms with Crippen LogP contribution in [0.5, 0.6) is 0 Å². The van der Waals surface area contributed by atoms with E-state index in [0.29, 0.717) is 17.9 Å². The van der Waals surface area contributed by atoms with Gasteiger partial charge in [0.25, 0.3) is 0 Å². The van der Waals surface area contributed by atoms with Crippen LogP contribution in [0.3, 0.4) is 0 Å². The van der Waals surface area contributed by atoms with Crippen molar-refractivity contribution in [3.05, 3.63) is 28.3 Å². The van der Waals surface area contributed by atoms with Crippen molar-refractivity contribution in [1.29, 1.82) is 0 Å². The molecule has 0 radical (unpaired) electrons. The van der Waals surface area contributed by atoms with Gasteiger partial charge in [-0.3, -0.25) is 0 Å². The highest BCUT2D eigenvalue weighted by Gasteiger charge is 2.14.